The van der Waals surface area contributed by atoms with Crippen LogP contribution in [0.2, 0.25) is 0 Å². The molecule has 0 bridgehead atoms. The highest BCUT2D eigenvalue weighted by atomic mass is 32.2. The van der Waals surface area contributed by atoms with Gasteiger partial charge in [-0.05, 0) is 23.8 Å². The van der Waals surface area contributed by atoms with Crippen molar-refractivity contribution in [2.45, 2.75) is 5.75 Å². The Hall–Kier alpha value is -2.61. The summed E-state index contributed by atoms with van der Waals surface area (Å²) >= 11 is 0. The first-order valence-corrected chi connectivity index (χ1v) is 7.60. The van der Waals surface area contributed by atoms with Crippen LogP contribution in [0.4, 0.5) is 17.1 Å². The Bertz CT molecular complexity index is 757. The molecule has 0 aliphatic carbocycles. The number of anilines is 2. The van der Waals surface area contributed by atoms with Crippen LogP contribution in [0, 0.1) is 10.1 Å². The highest BCUT2D eigenvalue weighted by Gasteiger charge is 2.13. The molecule has 0 aliphatic rings. The number of non-ortho nitro benzene ring substituents is 1. The van der Waals surface area contributed by atoms with Gasteiger partial charge in [0.25, 0.3) is 5.69 Å². The van der Waals surface area contributed by atoms with Crippen LogP contribution >= 0.6 is 0 Å². The van der Waals surface area contributed by atoms with Crippen molar-refractivity contribution in [3.05, 3.63) is 64.2 Å². The zero-order chi connectivity index (χ0) is 15.5. The highest BCUT2D eigenvalue weighted by Crippen LogP contribution is 2.17. The fourth-order valence-electron chi connectivity index (χ4n) is 1.75. The minimum absolute atomic E-state index is 0.0834. The largest absolute Gasteiger partial charge is 0.399 e. The summed E-state index contributed by atoms with van der Waals surface area (Å²) in [6.45, 7) is 0. The molecule has 0 atom stereocenters. The van der Waals surface area contributed by atoms with Crippen molar-refractivity contribution in [3.8, 4) is 0 Å². The minimum Gasteiger partial charge on any atom is -0.399 e. The van der Waals surface area contributed by atoms with Gasteiger partial charge in [0.05, 0.1) is 16.4 Å². The van der Waals surface area contributed by atoms with Crippen LogP contribution in [0.3, 0.4) is 0 Å². The molecule has 0 aliphatic heterocycles. The van der Waals surface area contributed by atoms with Crippen molar-refractivity contribution < 1.29 is 13.3 Å². The van der Waals surface area contributed by atoms with Crippen molar-refractivity contribution in [1.82, 2.24) is 0 Å². The van der Waals surface area contributed by atoms with Crippen molar-refractivity contribution >= 4 is 27.1 Å². The summed E-state index contributed by atoms with van der Waals surface area (Å²) in [5, 5.41) is 10.5. The van der Waals surface area contributed by atoms with Gasteiger partial charge in [0.1, 0.15) is 0 Å². The number of nitrogens with zero attached hydrogens (tertiary/aromatic N) is 1. The Morgan fingerprint density at radius 3 is 2.38 bits per heavy atom. The number of nitrogens with one attached hydrogen (secondary N) is 1. The van der Waals surface area contributed by atoms with Crippen molar-refractivity contribution in [3.63, 3.8) is 0 Å². The van der Waals surface area contributed by atoms with Gasteiger partial charge < -0.3 is 5.73 Å². The van der Waals surface area contributed by atoms with Gasteiger partial charge in [-0.3, -0.25) is 14.8 Å². The third kappa shape index (κ3) is 4.18. The summed E-state index contributed by atoms with van der Waals surface area (Å²) < 4.78 is 26.4. The number of hydrogen-bond donors (Lipinski definition) is 2. The lowest BCUT2D eigenvalue weighted by Gasteiger charge is -2.08. The fourth-order valence-corrected chi connectivity index (χ4v) is 2.94. The number of hydrogen-bond acceptors (Lipinski definition) is 5. The molecule has 0 saturated carbocycles. The molecule has 0 saturated heterocycles. The highest BCUT2D eigenvalue weighted by molar-refractivity contribution is 7.91. The van der Waals surface area contributed by atoms with Gasteiger partial charge in [0.15, 0.2) is 0 Å². The molecule has 0 heterocycles. The molecule has 7 nitrogen and oxygen atoms in total. The molecule has 0 spiro atoms. The van der Waals surface area contributed by atoms with E-state index >= 15 is 0 Å². The summed E-state index contributed by atoms with van der Waals surface area (Å²) in [6.07, 6.45) is 0. The van der Waals surface area contributed by atoms with E-state index in [4.69, 9.17) is 5.73 Å². The van der Waals surface area contributed by atoms with Crippen molar-refractivity contribution in [1.29, 1.82) is 0 Å². The molecular formula is C13H13N3O4S. The molecule has 21 heavy (non-hydrogen) atoms. The molecule has 2 aromatic rings. The zero-order valence-corrected chi connectivity index (χ0v) is 11.7. The van der Waals surface area contributed by atoms with Gasteiger partial charge in [0, 0.05) is 17.8 Å². The Kier molecular flexibility index (Phi) is 4.08. The minimum atomic E-state index is -3.61. The van der Waals surface area contributed by atoms with Gasteiger partial charge in [-0.1, -0.05) is 18.2 Å². The number of nitro benzene ring substituents is 1. The van der Waals surface area contributed by atoms with Crippen molar-refractivity contribution in [2.24, 2.45) is 0 Å². The molecule has 0 unspecified atom stereocenters. The molecule has 0 aromatic heterocycles. The molecular weight excluding hydrogens is 294 g/mol. The summed E-state index contributed by atoms with van der Waals surface area (Å²) in [5.41, 5.74) is 6.77. The van der Waals surface area contributed by atoms with E-state index in [0.29, 0.717) is 16.9 Å². The monoisotopic (exact) mass is 307 g/mol. The second-order valence-corrected chi connectivity index (χ2v) is 6.13. The normalized spacial score (nSPS) is 11.0. The van der Waals surface area contributed by atoms with Gasteiger partial charge in [-0.25, -0.2) is 8.42 Å². The van der Waals surface area contributed by atoms with E-state index in [1.165, 1.54) is 30.3 Å². The van der Waals surface area contributed by atoms with Crippen LogP contribution in [-0.2, 0) is 15.8 Å². The standard InChI is InChI=1S/C13H13N3O4S/c14-11-2-1-3-12(8-11)15-21(19,20)9-10-4-6-13(7-5-10)16(17)18/h1-8,15H,9,14H2. The maximum Gasteiger partial charge on any atom is 0.269 e. The second-order valence-electron chi connectivity index (χ2n) is 4.41. The van der Waals surface area contributed by atoms with E-state index in [-0.39, 0.29) is 11.4 Å². The first-order valence-electron chi connectivity index (χ1n) is 5.95. The van der Waals surface area contributed by atoms with Crippen molar-refractivity contribution in [2.75, 3.05) is 10.5 Å². The molecule has 8 heteroatoms. The Labute approximate surface area is 121 Å². The summed E-state index contributed by atoms with van der Waals surface area (Å²) in [5.74, 6) is -0.278. The third-order valence-corrected chi connectivity index (χ3v) is 3.92. The fraction of sp³-hybridized carbons (Fsp3) is 0.0769. The molecule has 2 rings (SSSR count). The Morgan fingerprint density at radius 1 is 1.14 bits per heavy atom. The third-order valence-electron chi connectivity index (χ3n) is 2.66. The zero-order valence-electron chi connectivity index (χ0n) is 10.9. The quantitative estimate of drug-likeness (QED) is 0.498. The summed E-state index contributed by atoms with van der Waals surface area (Å²) in [6, 6.07) is 11.7. The number of sulfonamides is 1. The number of nitrogen functional groups attached to an aromatic ring is 1. The Balaban J connectivity index is 2.12. The smallest absolute Gasteiger partial charge is 0.269 e. The average molecular weight is 307 g/mol. The van der Waals surface area contributed by atoms with E-state index in [0.717, 1.165) is 0 Å². The maximum absolute atomic E-state index is 12.0. The molecule has 0 amide bonds. The van der Waals surface area contributed by atoms with Crippen LogP contribution in [-0.4, -0.2) is 13.3 Å². The van der Waals surface area contributed by atoms with E-state index in [1.807, 2.05) is 0 Å². The molecule has 110 valence electrons. The van der Waals surface area contributed by atoms with E-state index in [2.05, 4.69) is 4.72 Å². The molecule has 0 radical (unpaired) electrons. The first-order chi connectivity index (χ1) is 9.85. The maximum atomic E-state index is 12.0. The molecule has 2 aromatic carbocycles. The lowest BCUT2D eigenvalue weighted by Crippen LogP contribution is -2.15. The van der Waals surface area contributed by atoms with E-state index in [9.17, 15) is 18.5 Å². The number of rotatable bonds is 5. The Morgan fingerprint density at radius 2 is 1.81 bits per heavy atom. The van der Waals surface area contributed by atoms with Gasteiger partial charge in [-0.15, -0.1) is 0 Å². The average Bonchev–Trinajstić information content (AvgIpc) is 2.38. The molecule has 3 N–H and O–H groups in total. The lowest BCUT2D eigenvalue weighted by molar-refractivity contribution is -0.384. The number of benzene rings is 2. The SMILES string of the molecule is Nc1cccc(NS(=O)(=O)Cc2ccc([N+](=O)[O-])cc2)c1. The van der Waals surface area contributed by atoms with Crippen LogP contribution in [0.5, 0.6) is 0 Å². The predicted octanol–water partition coefficient (Wildman–Crippen LogP) is 2.12. The lowest BCUT2D eigenvalue weighted by atomic mass is 10.2. The first kappa shape index (κ1) is 14.8. The topological polar surface area (TPSA) is 115 Å². The van der Waals surface area contributed by atoms with Gasteiger partial charge >= 0.3 is 0 Å². The van der Waals surface area contributed by atoms with Crippen LogP contribution in [0.1, 0.15) is 5.56 Å². The van der Waals surface area contributed by atoms with Gasteiger partial charge in [0.2, 0.25) is 10.0 Å². The van der Waals surface area contributed by atoms with E-state index in [1.54, 1.807) is 18.2 Å². The van der Waals surface area contributed by atoms with Crippen LogP contribution in [0.25, 0.3) is 0 Å². The second kappa shape index (κ2) is 5.80. The van der Waals surface area contributed by atoms with Gasteiger partial charge in [-0.2, -0.15) is 0 Å². The number of nitro groups is 1. The summed E-state index contributed by atoms with van der Waals surface area (Å²) in [7, 11) is -3.61. The number of nitrogens with two attached hydrogens (primary N) is 1. The summed E-state index contributed by atoms with van der Waals surface area (Å²) in [4.78, 5) is 10.00. The molecule has 0 fully saturated rings. The van der Waals surface area contributed by atoms with Crippen LogP contribution in [0.15, 0.2) is 48.5 Å². The van der Waals surface area contributed by atoms with E-state index < -0.39 is 14.9 Å². The predicted molar refractivity (Wildman–Crippen MR) is 80.2 cm³/mol. The van der Waals surface area contributed by atoms with Crippen LogP contribution < -0.4 is 10.5 Å².